The molecule has 0 bridgehead atoms. The Kier molecular flexibility index (Phi) is 5.04. The van der Waals surface area contributed by atoms with Crippen LogP contribution in [0.1, 0.15) is 12.0 Å². The van der Waals surface area contributed by atoms with Crippen molar-refractivity contribution in [2.75, 3.05) is 18.5 Å². The van der Waals surface area contributed by atoms with Gasteiger partial charge in [0.2, 0.25) is 0 Å². The van der Waals surface area contributed by atoms with Gasteiger partial charge in [-0.25, -0.2) is 4.79 Å². The lowest BCUT2D eigenvalue weighted by Gasteiger charge is -2.09. The fourth-order valence-corrected chi connectivity index (χ4v) is 1.34. The van der Waals surface area contributed by atoms with Crippen molar-refractivity contribution in [3.05, 3.63) is 33.9 Å². The minimum Gasteiger partial charge on any atom is -0.338 e. The average Bonchev–Trinajstić information content (AvgIpc) is 2.32. The molecule has 0 spiro atoms. The molecule has 1 aromatic carbocycles. The summed E-state index contributed by atoms with van der Waals surface area (Å²) in [7, 11) is 0. The van der Waals surface area contributed by atoms with Crippen LogP contribution in [0.2, 0.25) is 0 Å². The van der Waals surface area contributed by atoms with Crippen LogP contribution in [0.5, 0.6) is 0 Å². The predicted molar refractivity (Wildman–Crippen MR) is 65.4 cm³/mol. The maximum atomic E-state index is 11.8. The van der Waals surface area contributed by atoms with Gasteiger partial charge in [-0.1, -0.05) is 0 Å². The molecule has 98 valence electrons. The number of hydrogen-bond donors (Lipinski definition) is 2. The molecule has 0 aliphatic heterocycles. The number of halogens is 1. The molecule has 0 aliphatic carbocycles. The molecule has 1 aromatic rings. The summed E-state index contributed by atoms with van der Waals surface area (Å²) >= 11 is 0. The highest BCUT2D eigenvalue weighted by molar-refractivity contribution is 5.90. The number of rotatable bonds is 5. The van der Waals surface area contributed by atoms with E-state index in [9.17, 15) is 19.3 Å². The van der Waals surface area contributed by atoms with Gasteiger partial charge in [0.05, 0.1) is 11.6 Å². The van der Waals surface area contributed by atoms with Crippen LogP contribution in [-0.4, -0.2) is 24.2 Å². The first-order valence-electron chi connectivity index (χ1n) is 5.40. The number of hydrogen-bond acceptors (Lipinski definition) is 3. The second-order valence-corrected chi connectivity index (χ2v) is 3.68. The highest BCUT2D eigenvalue weighted by Crippen LogP contribution is 2.20. The maximum Gasteiger partial charge on any atom is 0.319 e. The SMILES string of the molecule is Cc1cc([N+](=O)[O-])ccc1NC(=O)NCCCF. The van der Waals surface area contributed by atoms with E-state index in [1.807, 2.05) is 0 Å². The Balaban J connectivity index is 2.62. The zero-order chi connectivity index (χ0) is 13.5. The number of non-ortho nitro benzene ring substituents is 1. The van der Waals surface area contributed by atoms with E-state index < -0.39 is 17.6 Å². The quantitative estimate of drug-likeness (QED) is 0.481. The number of urea groups is 1. The van der Waals surface area contributed by atoms with Gasteiger partial charge in [-0.3, -0.25) is 14.5 Å². The third-order valence-electron chi connectivity index (χ3n) is 2.26. The molecule has 6 nitrogen and oxygen atoms in total. The molecular formula is C11H14FN3O3. The fraction of sp³-hybridized carbons (Fsp3) is 0.364. The standard InChI is InChI=1S/C11H14FN3O3/c1-8-7-9(15(17)18)3-4-10(8)14-11(16)13-6-2-5-12/h3-4,7H,2,5-6H2,1H3,(H2,13,14,16). The summed E-state index contributed by atoms with van der Waals surface area (Å²) in [4.78, 5) is 21.4. The Morgan fingerprint density at radius 3 is 2.78 bits per heavy atom. The molecule has 0 saturated carbocycles. The van der Waals surface area contributed by atoms with Gasteiger partial charge >= 0.3 is 6.03 Å². The van der Waals surface area contributed by atoms with Crippen molar-refractivity contribution in [3.63, 3.8) is 0 Å². The first-order chi connectivity index (χ1) is 8.54. The van der Waals surface area contributed by atoms with Crippen molar-refractivity contribution in [1.29, 1.82) is 0 Å². The first-order valence-corrected chi connectivity index (χ1v) is 5.40. The minimum absolute atomic E-state index is 0.0316. The zero-order valence-electron chi connectivity index (χ0n) is 9.90. The Labute approximate surface area is 103 Å². The maximum absolute atomic E-state index is 11.8. The number of nitrogens with zero attached hydrogens (tertiary/aromatic N) is 1. The normalized spacial score (nSPS) is 9.89. The highest BCUT2D eigenvalue weighted by atomic mass is 19.1. The molecule has 2 N–H and O–H groups in total. The van der Waals surface area contributed by atoms with Gasteiger partial charge in [-0.2, -0.15) is 0 Å². The lowest BCUT2D eigenvalue weighted by Crippen LogP contribution is -2.30. The largest absolute Gasteiger partial charge is 0.338 e. The molecule has 1 rings (SSSR count). The van der Waals surface area contributed by atoms with E-state index in [1.165, 1.54) is 18.2 Å². The molecule has 0 radical (unpaired) electrons. The van der Waals surface area contributed by atoms with Crippen molar-refractivity contribution in [3.8, 4) is 0 Å². The van der Waals surface area contributed by atoms with E-state index in [0.717, 1.165) is 0 Å². The summed E-state index contributed by atoms with van der Waals surface area (Å²) in [6.07, 6.45) is 0.257. The van der Waals surface area contributed by atoms with E-state index in [0.29, 0.717) is 11.3 Å². The molecular weight excluding hydrogens is 241 g/mol. The Bertz CT molecular complexity index is 451. The van der Waals surface area contributed by atoms with Crippen LogP contribution in [0.3, 0.4) is 0 Å². The fourth-order valence-electron chi connectivity index (χ4n) is 1.34. The summed E-state index contributed by atoms with van der Waals surface area (Å²) in [5.74, 6) is 0. The van der Waals surface area contributed by atoms with Crippen molar-refractivity contribution in [1.82, 2.24) is 5.32 Å². The van der Waals surface area contributed by atoms with Crippen LogP contribution in [0.15, 0.2) is 18.2 Å². The van der Waals surface area contributed by atoms with Crippen LogP contribution in [0, 0.1) is 17.0 Å². The summed E-state index contributed by atoms with van der Waals surface area (Å²) in [5.41, 5.74) is 1.04. The number of carbonyl (C=O) groups excluding carboxylic acids is 1. The van der Waals surface area contributed by atoms with E-state index >= 15 is 0 Å². The van der Waals surface area contributed by atoms with Gasteiger partial charge in [0, 0.05) is 24.4 Å². The van der Waals surface area contributed by atoms with Crippen LogP contribution >= 0.6 is 0 Å². The number of nitro groups is 1. The van der Waals surface area contributed by atoms with Crippen molar-refractivity contribution in [2.24, 2.45) is 0 Å². The topological polar surface area (TPSA) is 84.3 Å². The van der Waals surface area contributed by atoms with E-state index in [4.69, 9.17) is 0 Å². The summed E-state index contributed by atoms with van der Waals surface area (Å²) in [6, 6.07) is 3.68. The smallest absolute Gasteiger partial charge is 0.319 e. The van der Waals surface area contributed by atoms with Gasteiger partial charge < -0.3 is 10.6 Å². The third kappa shape index (κ3) is 4.00. The van der Waals surface area contributed by atoms with Crippen LogP contribution in [-0.2, 0) is 0 Å². The lowest BCUT2D eigenvalue weighted by atomic mass is 10.2. The van der Waals surface area contributed by atoms with E-state index in [1.54, 1.807) is 6.92 Å². The van der Waals surface area contributed by atoms with Gasteiger partial charge in [-0.05, 0) is 25.0 Å². The second kappa shape index (κ2) is 6.53. The molecule has 0 fully saturated rings. The number of aryl methyl sites for hydroxylation is 1. The lowest BCUT2D eigenvalue weighted by molar-refractivity contribution is -0.384. The average molecular weight is 255 g/mol. The highest BCUT2D eigenvalue weighted by Gasteiger charge is 2.09. The first kappa shape index (κ1) is 13.9. The van der Waals surface area contributed by atoms with Crippen LogP contribution in [0.25, 0.3) is 0 Å². The molecule has 0 unspecified atom stereocenters. The van der Waals surface area contributed by atoms with Crippen molar-refractivity contribution < 1.29 is 14.1 Å². The Hall–Kier alpha value is -2.18. The number of nitrogens with one attached hydrogen (secondary N) is 2. The number of alkyl halides is 1. The Morgan fingerprint density at radius 2 is 2.22 bits per heavy atom. The summed E-state index contributed by atoms with van der Waals surface area (Å²) in [6.45, 7) is 1.41. The van der Waals surface area contributed by atoms with Gasteiger partial charge in [0.1, 0.15) is 0 Å². The van der Waals surface area contributed by atoms with Crippen LogP contribution < -0.4 is 10.6 Å². The van der Waals surface area contributed by atoms with Gasteiger partial charge in [-0.15, -0.1) is 0 Å². The zero-order valence-corrected chi connectivity index (χ0v) is 9.90. The van der Waals surface area contributed by atoms with Crippen molar-refractivity contribution >= 4 is 17.4 Å². The molecule has 0 atom stereocenters. The number of benzene rings is 1. The Morgan fingerprint density at radius 1 is 1.50 bits per heavy atom. The molecule has 0 aromatic heterocycles. The molecule has 2 amide bonds. The molecule has 0 saturated heterocycles. The van der Waals surface area contributed by atoms with E-state index in [2.05, 4.69) is 10.6 Å². The monoisotopic (exact) mass is 255 g/mol. The third-order valence-corrected chi connectivity index (χ3v) is 2.26. The minimum atomic E-state index is -0.502. The van der Waals surface area contributed by atoms with Gasteiger partial charge in [0.25, 0.3) is 5.69 Å². The molecule has 0 heterocycles. The number of carbonyl (C=O) groups is 1. The number of nitro benzene ring substituents is 1. The molecule has 7 heteroatoms. The number of anilines is 1. The summed E-state index contributed by atoms with van der Waals surface area (Å²) in [5, 5.41) is 15.5. The molecule has 18 heavy (non-hydrogen) atoms. The number of amides is 2. The van der Waals surface area contributed by atoms with Gasteiger partial charge in [0.15, 0.2) is 0 Å². The van der Waals surface area contributed by atoms with Crippen LogP contribution in [0.4, 0.5) is 20.6 Å². The van der Waals surface area contributed by atoms with Crippen molar-refractivity contribution in [2.45, 2.75) is 13.3 Å². The van der Waals surface area contributed by atoms with E-state index in [-0.39, 0.29) is 18.7 Å². The molecule has 0 aliphatic rings. The second-order valence-electron chi connectivity index (χ2n) is 3.68. The summed E-state index contributed by atoms with van der Waals surface area (Å²) < 4.78 is 11.8. The predicted octanol–water partition coefficient (Wildman–Crippen LogP) is 2.38.